The molecule has 0 spiro atoms. The van der Waals surface area contributed by atoms with Crippen LogP contribution in [0.25, 0.3) is 0 Å². The Kier molecular flexibility index (Phi) is 4.81. The number of aryl methyl sites for hydroxylation is 1. The van der Waals surface area contributed by atoms with Crippen molar-refractivity contribution in [2.45, 2.75) is 52.2 Å². The molecule has 2 nitrogen and oxygen atoms in total. The van der Waals surface area contributed by atoms with Crippen molar-refractivity contribution in [1.29, 1.82) is 0 Å². The lowest BCUT2D eigenvalue weighted by molar-refractivity contribution is 0.0907. The molecule has 0 bridgehead atoms. The van der Waals surface area contributed by atoms with E-state index in [1.807, 2.05) is 6.92 Å². The first-order valence-electron chi connectivity index (χ1n) is 7.26. The van der Waals surface area contributed by atoms with Crippen molar-refractivity contribution in [2.75, 3.05) is 6.54 Å². The van der Waals surface area contributed by atoms with Crippen LogP contribution < -0.4 is 10.1 Å². The fourth-order valence-electron chi connectivity index (χ4n) is 2.82. The highest BCUT2D eigenvalue weighted by Crippen LogP contribution is 2.29. The van der Waals surface area contributed by atoms with Crippen LogP contribution in [0.3, 0.4) is 0 Å². The minimum Gasteiger partial charge on any atom is -0.488 e. The third kappa shape index (κ3) is 3.69. The summed E-state index contributed by atoms with van der Waals surface area (Å²) in [6, 6.07) is 5.13. The standard InChI is InChI=1S/C16H24FNO/c1-4-18-14-8-5-11(2)9-16(14)19-15-10-13(17)7-6-12(15)3/h6-7,10-11,14,16,18H,4-5,8-9H2,1-3H3. The maximum atomic E-state index is 13.3. The van der Waals surface area contributed by atoms with E-state index in [0.29, 0.717) is 17.7 Å². The fraction of sp³-hybridized carbons (Fsp3) is 0.625. The summed E-state index contributed by atoms with van der Waals surface area (Å²) in [6.45, 7) is 7.28. The maximum Gasteiger partial charge on any atom is 0.126 e. The minimum absolute atomic E-state index is 0.143. The number of likely N-dealkylation sites (N-methyl/N-ethyl adjacent to an activating group) is 1. The summed E-state index contributed by atoms with van der Waals surface area (Å²) in [7, 11) is 0. The lowest BCUT2D eigenvalue weighted by Crippen LogP contribution is -2.46. The molecular weight excluding hydrogens is 241 g/mol. The molecule has 1 aromatic rings. The monoisotopic (exact) mass is 265 g/mol. The molecule has 1 aromatic carbocycles. The van der Waals surface area contributed by atoms with Gasteiger partial charge in [-0.15, -0.1) is 0 Å². The highest BCUT2D eigenvalue weighted by Gasteiger charge is 2.29. The summed E-state index contributed by atoms with van der Waals surface area (Å²) >= 11 is 0. The molecule has 106 valence electrons. The molecule has 1 saturated carbocycles. The van der Waals surface area contributed by atoms with Crippen LogP contribution in [-0.2, 0) is 0 Å². The van der Waals surface area contributed by atoms with Gasteiger partial charge in [-0.3, -0.25) is 0 Å². The van der Waals surface area contributed by atoms with Crippen molar-refractivity contribution >= 4 is 0 Å². The summed E-state index contributed by atoms with van der Waals surface area (Å²) in [5, 5.41) is 3.49. The molecule has 1 N–H and O–H groups in total. The highest BCUT2D eigenvalue weighted by molar-refractivity contribution is 5.33. The Hall–Kier alpha value is -1.09. The normalized spacial score (nSPS) is 27.3. The van der Waals surface area contributed by atoms with Crippen LogP contribution in [0.2, 0.25) is 0 Å². The summed E-state index contributed by atoms with van der Waals surface area (Å²) < 4.78 is 19.4. The van der Waals surface area contributed by atoms with Crippen LogP contribution >= 0.6 is 0 Å². The SMILES string of the molecule is CCNC1CCC(C)CC1Oc1cc(F)ccc1C. The van der Waals surface area contributed by atoms with Crippen molar-refractivity contribution in [1.82, 2.24) is 5.32 Å². The van der Waals surface area contributed by atoms with E-state index in [1.54, 1.807) is 6.07 Å². The quantitative estimate of drug-likeness (QED) is 0.896. The van der Waals surface area contributed by atoms with Gasteiger partial charge in [0.05, 0.1) is 0 Å². The molecule has 3 heteroatoms. The number of hydrogen-bond acceptors (Lipinski definition) is 2. The van der Waals surface area contributed by atoms with Crippen LogP contribution in [0.5, 0.6) is 5.75 Å². The fourth-order valence-corrected chi connectivity index (χ4v) is 2.82. The second-order valence-electron chi connectivity index (χ2n) is 5.65. The van der Waals surface area contributed by atoms with Gasteiger partial charge in [0.15, 0.2) is 0 Å². The lowest BCUT2D eigenvalue weighted by atomic mass is 9.85. The minimum atomic E-state index is -0.232. The largest absolute Gasteiger partial charge is 0.488 e. The number of ether oxygens (including phenoxy) is 1. The van der Waals surface area contributed by atoms with Gasteiger partial charge in [0.2, 0.25) is 0 Å². The van der Waals surface area contributed by atoms with Crippen molar-refractivity contribution in [3.63, 3.8) is 0 Å². The van der Waals surface area contributed by atoms with Crippen LogP contribution in [0.4, 0.5) is 4.39 Å². The van der Waals surface area contributed by atoms with Gasteiger partial charge in [-0.2, -0.15) is 0 Å². The Balaban J connectivity index is 2.11. The number of halogens is 1. The first-order valence-corrected chi connectivity index (χ1v) is 7.26. The van der Waals surface area contributed by atoms with Gasteiger partial charge in [-0.1, -0.05) is 19.9 Å². The Morgan fingerprint density at radius 2 is 2.16 bits per heavy atom. The molecule has 0 aliphatic heterocycles. The third-order valence-corrected chi connectivity index (χ3v) is 3.95. The van der Waals surface area contributed by atoms with Crippen molar-refractivity contribution < 1.29 is 9.13 Å². The Bertz CT molecular complexity index is 421. The van der Waals surface area contributed by atoms with Gasteiger partial charge in [-0.25, -0.2) is 4.39 Å². The number of rotatable bonds is 4. The van der Waals surface area contributed by atoms with E-state index >= 15 is 0 Å². The lowest BCUT2D eigenvalue weighted by Gasteiger charge is -2.35. The number of benzene rings is 1. The topological polar surface area (TPSA) is 21.3 Å². The first kappa shape index (κ1) is 14.3. The molecule has 3 atom stereocenters. The van der Waals surface area contributed by atoms with E-state index in [9.17, 15) is 4.39 Å². The molecular formula is C16H24FNO. The van der Waals surface area contributed by atoms with Crippen LogP contribution in [0.15, 0.2) is 18.2 Å². The first-order chi connectivity index (χ1) is 9.10. The van der Waals surface area contributed by atoms with Gasteiger partial charge >= 0.3 is 0 Å². The predicted octanol–water partition coefficient (Wildman–Crippen LogP) is 3.68. The molecule has 0 saturated heterocycles. The average Bonchev–Trinajstić information content (AvgIpc) is 2.37. The summed E-state index contributed by atoms with van der Waals surface area (Å²) in [6.07, 6.45) is 3.55. The third-order valence-electron chi connectivity index (χ3n) is 3.95. The van der Waals surface area contributed by atoms with E-state index in [0.717, 1.165) is 24.9 Å². The Morgan fingerprint density at radius 3 is 2.89 bits per heavy atom. The number of nitrogens with one attached hydrogen (secondary N) is 1. The average molecular weight is 265 g/mol. The zero-order valence-corrected chi connectivity index (χ0v) is 12.1. The van der Waals surface area contributed by atoms with E-state index in [4.69, 9.17) is 4.74 Å². The van der Waals surface area contributed by atoms with Crippen molar-refractivity contribution in [3.8, 4) is 5.75 Å². The van der Waals surface area contributed by atoms with E-state index in [1.165, 1.54) is 18.6 Å². The molecule has 2 rings (SSSR count). The number of hydrogen-bond donors (Lipinski definition) is 1. The van der Waals surface area contributed by atoms with Crippen LogP contribution in [-0.4, -0.2) is 18.7 Å². The Morgan fingerprint density at radius 1 is 1.37 bits per heavy atom. The molecule has 3 unspecified atom stereocenters. The maximum absolute atomic E-state index is 13.3. The second-order valence-corrected chi connectivity index (χ2v) is 5.65. The van der Waals surface area contributed by atoms with E-state index in [2.05, 4.69) is 19.2 Å². The zero-order chi connectivity index (χ0) is 13.8. The Labute approximate surface area is 115 Å². The molecule has 19 heavy (non-hydrogen) atoms. The molecule has 0 heterocycles. The van der Waals surface area contributed by atoms with Gasteiger partial charge in [0.1, 0.15) is 17.7 Å². The van der Waals surface area contributed by atoms with Gasteiger partial charge in [-0.05, 0) is 50.3 Å². The molecule has 1 fully saturated rings. The highest BCUT2D eigenvalue weighted by atomic mass is 19.1. The van der Waals surface area contributed by atoms with Crippen LogP contribution in [0.1, 0.15) is 38.7 Å². The molecule has 1 aliphatic carbocycles. The van der Waals surface area contributed by atoms with Crippen molar-refractivity contribution in [3.05, 3.63) is 29.6 Å². The smallest absolute Gasteiger partial charge is 0.126 e. The van der Waals surface area contributed by atoms with Gasteiger partial charge in [0.25, 0.3) is 0 Å². The molecule has 1 aliphatic rings. The molecule has 0 aromatic heterocycles. The summed E-state index contributed by atoms with van der Waals surface area (Å²) in [5.41, 5.74) is 0.995. The van der Waals surface area contributed by atoms with Gasteiger partial charge in [0, 0.05) is 12.1 Å². The molecule has 0 radical (unpaired) electrons. The van der Waals surface area contributed by atoms with Gasteiger partial charge < -0.3 is 10.1 Å². The second kappa shape index (κ2) is 6.38. The van der Waals surface area contributed by atoms with E-state index < -0.39 is 0 Å². The zero-order valence-electron chi connectivity index (χ0n) is 12.1. The summed E-state index contributed by atoms with van der Waals surface area (Å²) in [5.74, 6) is 1.13. The predicted molar refractivity (Wildman–Crippen MR) is 76.0 cm³/mol. The molecule has 0 amide bonds. The van der Waals surface area contributed by atoms with Crippen molar-refractivity contribution in [2.24, 2.45) is 5.92 Å². The van der Waals surface area contributed by atoms with Crippen LogP contribution in [0, 0.1) is 18.7 Å². The van der Waals surface area contributed by atoms with E-state index in [-0.39, 0.29) is 11.9 Å². The summed E-state index contributed by atoms with van der Waals surface area (Å²) in [4.78, 5) is 0.